The number of hydrogen-bond donors (Lipinski definition) is 2. The second kappa shape index (κ2) is 5.13. The fourth-order valence-electron chi connectivity index (χ4n) is 1.88. The highest BCUT2D eigenvalue weighted by molar-refractivity contribution is 6.30. The largest absolute Gasteiger partial charge is 0.271 e. The molecule has 16 heavy (non-hydrogen) atoms. The molecule has 0 radical (unpaired) electrons. The lowest BCUT2D eigenvalue weighted by molar-refractivity contribution is 0.479. The number of benzene rings is 1. The zero-order valence-corrected chi connectivity index (χ0v) is 9.80. The van der Waals surface area contributed by atoms with Crippen molar-refractivity contribution in [1.82, 2.24) is 5.43 Å². The van der Waals surface area contributed by atoms with Gasteiger partial charge in [-0.25, -0.2) is 4.39 Å². The van der Waals surface area contributed by atoms with E-state index in [1.165, 1.54) is 18.9 Å². The summed E-state index contributed by atoms with van der Waals surface area (Å²) in [7, 11) is 0. The second-order valence-corrected chi connectivity index (χ2v) is 4.82. The SMILES string of the molecule is NNC(CCC1CC1)c1ccc(Cl)c(F)c1. The van der Waals surface area contributed by atoms with Crippen LogP contribution in [0.25, 0.3) is 0 Å². The molecule has 1 aromatic rings. The molecular weight excluding hydrogens is 227 g/mol. The Morgan fingerprint density at radius 2 is 2.25 bits per heavy atom. The van der Waals surface area contributed by atoms with E-state index in [0.717, 1.165) is 24.3 Å². The minimum atomic E-state index is -0.383. The Kier molecular flexibility index (Phi) is 3.79. The summed E-state index contributed by atoms with van der Waals surface area (Å²) in [6, 6.07) is 4.88. The molecule has 1 unspecified atom stereocenters. The fraction of sp³-hybridized carbons (Fsp3) is 0.500. The first kappa shape index (κ1) is 11.8. The molecule has 3 N–H and O–H groups in total. The average Bonchev–Trinajstić information content (AvgIpc) is 3.08. The van der Waals surface area contributed by atoms with Gasteiger partial charge in [-0.2, -0.15) is 0 Å². The first-order valence-electron chi connectivity index (χ1n) is 5.62. The van der Waals surface area contributed by atoms with Crippen LogP contribution in [0.1, 0.15) is 37.3 Å². The highest BCUT2D eigenvalue weighted by atomic mass is 35.5. The molecule has 2 rings (SSSR count). The maximum Gasteiger partial charge on any atom is 0.142 e. The van der Waals surface area contributed by atoms with Crippen molar-refractivity contribution in [2.45, 2.75) is 31.7 Å². The Morgan fingerprint density at radius 1 is 1.50 bits per heavy atom. The van der Waals surface area contributed by atoms with Crippen molar-refractivity contribution in [2.24, 2.45) is 11.8 Å². The monoisotopic (exact) mass is 242 g/mol. The van der Waals surface area contributed by atoms with Crippen LogP contribution in [0, 0.1) is 11.7 Å². The summed E-state index contributed by atoms with van der Waals surface area (Å²) in [5, 5.41) is 0.154. The minimum absolute atomic E-state index is 0.0207. The van der Waals surface area contributed by atoms with Crippen LogP contribution in [0.15, 0.2) is 18.2 Å². The number of hydrazine groups is 1. The smallest absolute Gasteiger partial charge is 0.142 e. The maximum atomic E-state index is 13.3. The van der Waals surface area contributed by atoms with Gasteiger partial charge >= 0.3 is 0 Å². The molecule has 0 spiro atoms. The number of hydrogen-bond acceptors (Lipinski definition) is 2. The molecular formula is C12H16ClFN2. The van der Waals surface area contributed by atoms with Crippen molar-refractivity contribution in [3.8, 4) is 0 Å². The van der Waals surface area contributed by atoms with Crippen LogP contribution in [0.4, 0.5) is 4.39 Å². The van der Waals surface area contributed by atoms with Gasteiger partial charge in [-0.15, -0.1) is 0 Å². The Labute approximate surface area is 99.9 Å². The molecule has 1 fully saturated rings. The maximum absolute atomic E-state index is 13.3. The summed E-state index contributed by atoms with van der Waals surface area (Å²) in [5.74, 6) is 5.97. The van der Waals surface area contributed by atoms with Crippen molar-refractivity contribution in [3.63, 3.8) is 0 Å². The summed E-state index contributed by atoms with van der Waals surface area (Å²) in [5.41, 5.74) is 3.60. The van der Waals surface area contributed by atoms with E-state index in [4.69, 9.17) is 17.4 Å². The molecule has 1 aliphatic carbocycles. The van der Waals surface area contributed by atoms with Gasteiger partial charge in [0.25, 0.3) is 0 Å². The number of nitrogens with one attached hydrogen (secondary N) is 1. The zero-order chi connectivity index (χ0) is 11.5. The van der Waals surface area contributed by atoms with Crippen LogP contribution in [-0.2, 0) is 0 Å². The third-order valence-electron chi connectivity index (χ3n) is 3.11. The van der Waals surface area contributed by atoms with Crippen molar-refractivity contribution in [2.75, 3.05) is 0 Å². The third-order valence-corrected chi connectivity index (χ3v) is 3.41. The molecule has 0 heterocycles. The van der Waals surface area contributed by atoms with Gasteiger partial charge < -0.3 is 0 Å². The van der Waals surface area contributed by atoms with E-state index in [1.54, 1.807) is 6.07 Å². The Bertz CT molecular complexity index is 366. The normalized spacial score (nSPS) is 17.4. The minimum Gasteiger partial charge on any atom is -0.271 e. The molecule has 0 amide bonds. The average molecular weight is 243 g/mol. The van der Waals surface area contributed by atoms with Crippen molar-refractivity contribution in [1.29, 1.82) is 0 Å². The molecule has 1 aliphatic rings. The van der Waals surface area contributed by atoms with E-state index in [2.05, 4.69) is 5.43 Å². The highest BCUT2D eigenvalue weighted by Crippen LogP contribution is 2.36. The van der Waals surface area contributed by atoms with Gasteiger partial charge in [0.1, 0.15) is 5.82 Å². The third kappa shape index (κ3) is 2.94. The fourth-order valence-corrected chi connectivity index (χ4v) is 2.00. The van der Waals surface area contributed by atoms with E-state index in [0.29, 0.717) is 0 Å². The molecule has 1 atom stereocenters. The van der Waals surface area contributed by atoms with Gasteiger partial charge in [0, 0.05) is 6.04 Å². The summed E-state index contributed by atoms with van der Waals surface area (Å²) < 4.78 is 13.3. The molecule has 2 nitrogen and oxygen atoms in total. The van der Waals surface area contributed by atoms with E-state index in [9.17, 15) is 4.39 Å². The van der Waals surface area contributed by atoms with Gasteiger partial charge in [0.2, 0.25) is 0 Å². The Morgan fingerprint density at radius 3 is 2.81 bits per heavy atom. The summed E-state index contributed by atoms with van der Waals surface area (Å²) in [6.07, 6.45) is 4.75. The lowest BCUT2D eigenvalue weighted by Gasteiger charge is -2.16. The number of nitrogens with two attached hydrogens (primary N) is 1. The van der Waals surface area contributed by atoms with Gasteiger partial charge in [0.05, 0.1) is 5.02 Å². The molecule has 0 aliphatic heterocycles. The quantitative estimate of drug-likeness (QED) is 0.615. The molecule has 1 aromatic carbocycles. The second-order valence-electron chi connectivity index (χ2n) is 4.41. The van der Waals surface area contributed by atoms with Gasteiger partial charge in [0.15, 0.2) is 0 Å². The van der Waals surface area contributed by atoms with Gasteiger partial charge in [-0.3, -0.25) is 11.3 Å². The van der Waals surface area contributed by atoms with Gasteiger partial charge in [-0.1, -0.05) is 30.5 Å². The van der Waals surface area contributed by atoms with Crippen LogP contribution in [0.5, 0.6) is 0 Å². The van der Waals surface area contributed by atoms with Crippen molar-refractivity contribution in [3.05, 3.63) is 34.6 Å². The standard InChI is InChI=1S/C12H16ClFN2/c13-10-5-4-9(7-11(10)14)12(16-15)6-3-8-1-2-8/h4-5,7-8,12,16H,1-3,6,15H2. The molecule has 0 bridgehead atoms. The number of rotatable bonds is 5. The van der Waals surface area contributed by atoms with Gasteiger partial charge in [-0.05, 0) is 36.5 Å². The summed E-state index contributed by atoms with van der Waals surface area (Å²) in [6.45, 7) is 0. The Balaban J connectivity index is 2.02. The van der Waals surface area contributed by atoms with Crippen LogP contribution in [0.2, 0.25) is 5.02 Å². The predicted molar refractivity (Wildman–Crippen MR) is 63.4 cm³/mol. The number of halogens is 2. The zero-order valence-electron chi connectivity index (χ0n) is 9.05. The van der Waals surface area contributed by atoms with E-state index in [1.807, 2.05) is 6.07 Å². The molecule has 1 saturated carbocycles. The van der Waals surface area contributed by atoms with Crippen LogP contribution in [-0.4, -0.2) is 0 Å². The molecule has 0 aromatic heterocycles. The molecule has 0 saturated heterocycles. The van der Waals surface area contributed by atoms with Crippen molar-refractivity contribution < 1.29 is 4.39 Å². The molecule has 88 valence electrons. The van der Waals surface area contributed by atoms with Crippen LogP contribution < -0.4 is 11.3 Å². The van der Waals surface area contributed by atoms with E-state index >= 15 is 0 Å². The lowest BCUT2D eigenvalue weighted by Crippen LogP contribution is -2.28. The summed E-state index contributed by atoms with van der Waals surface area (Å²) >= 11 is 5.64. The highest BCUT2D eigenvalue weighted by Gasteiger charge is 2.23. The van der Waals surface area contributed by atoms with Crippen LogP contribution >= 0.6 is 11.6 Å². The topological polar surface area (TPSA) is 38.0 Å². The Hall–Kier alpha value is -0.640. The lowest BCUT2D eigenvalue weighted by atomic mass is 10.0. The van der Waals surface area contributed by atoms with E-state index < -0.39 is 0 Å². The van der Waals surface area contributed by atoms with Crippen molar-refractivity contribution >= 4 is 11.6 Å². The summed E-state index contributed by atoms with van der Waals surface area (Å²) in [4.78, 5) is 0. The first-order chi connectivity index (χ1) is 7.70. The molecule has 4 heteroatoms. The predicted octanol–water partition coefficient (Wildman–Crippen LogP) is 3.17. The van der Waals surface area contributed by atoms with E-state index in [-0.39, 0.29) is 16.9 Å². The van der Waals surface area contributed by atoms with Crippen LogP contribution in [0.3, 0.4) is 0 Å². The first-order valence-corrected chi connectivity index (χ1v) is 5.99.